The molecular weight excluding hydrogens is 434 g/mol. The Kier molecular flexibility index (Phi) is 13.7. The second kappa shape index (κ2) is 15.0. The Morgan fingerprint density at radius 3 is 1.97 bits per heavy atom. The first-order valence-electron chi connectivity index (χ1n) is 10.9. The summed E-state index contributed by atoms with van der Waals surface area (Å²) in [5.74, 6) is -3.98. The van der Waals surface area contributed by atoms with E-state index in [4.69, 9.17) is 27.4 Å². The second-order valence-corrected chi connectivity index (χ2v) is 8.23. The predicted molar refractivity (Wildman–Crippen MR) is 123 cm³/mol. The van der Waals surface area contributed by atoms with Crippen LogP contribution in [0.5, 0.6) is 0 Å². The number of aliphatic hydroxyl groups excluding tert-OH is 1. The van der Waals surface area contributed by atoms with Gasteiger partial charge in [-0.25, -0.2) is 4.79 Å². The number of carbonyl (C=O) groups excluding carboxylic acids is 3. The van der Waals surface area contributed by atoms with Crippen LogP contribution in [0.1, 0.15) is 47.0 Å². The third kappa shape index (κ3) is 11.0. The van der Waals surface area contributed by atoms with E-state index in [1.165, 1.54) is 0 Å². The zero-order chi connectivity index (χ0) is 25.7. The lowest BCUT2D eigenvalue weighted by Crippen LogP contribution is -2.59. The van der Waals surface area contributed by atoms with E-state index in [0.717, 1.165) is 0 Å². The van der Waals surface area contributed by atoms with Crippen LogP contribution in [0.15, 0.2) is 4.99 Å². The van der Waals surface area contributed by atoms with Crippen molar-refractivity contribution in [1.29, 1.82) is 0 Å². The van der Waals surface area contributed by atoms with Crippen molar-refractivity contribution >= 4 is 29.7 Å². The molecule has 0 aromatic rings. The number of carbonyl (C=O) groups is 4. The summed E-state index contributed by atoms with van der Waals surface area (Å²) in [5.41, 5.74) is 16.6. The van der Waals surface area contributed by atoms with Crippen molar-refractivity contribution in [1.82, 2.24) is 16.0 Å². The molecular formula is C20H39N7O6. The number of hydrogen-bond donors (Lipinski definition) is 8. The summed E-state index contributed by atoms with van der Waals surface area (Å²) in [6.45, 7) is 6.44. The van der Waals surface area contributed by atoms with Crippen LogP contribution in [-0.4, -0.2) is 77.2 Å². The SMILES string of the molecule is CCC(C)C(N)C(=O)NC(CCCN=C(N)N)C(=O)NC(C(=O)NC(CO)C(=O)O)C(C)C. The smallest absolute Gasteiger partial charge is 0.328 e. The van der Waals surface area contributed by atoms with Gasteiger partial charge in [0.2, 0.25) is 17.7 Å². The van der Waals surface area contributed by atoms with Crippen molar-refractivity contribution in [2.75, 3.05) is 13.2 Å². The molecule has 0 spiro atoms. The Bertz CT molecular complexity index is 696. The number of aliphatic hydroxyl groups is 1. The van der Waals surface area contributed by atoms with Gasteiger partial charge >= 0.3 is 5.97 Å². The molecule has 33 heavy (non-hydrogen) atoms. The minimum absolute atomic E-state index is 0.104. The number of carboxylic acids is 1. The maximum Gasteiger partial charge on any atom is 0.328 e. The van der Waals surface area contributed by atoms with Gasteiger partial charge in [0.25, 0.3) is 0 Å². The maximum atomic E-state index is 13.0. The van der Waals surface area contributed by atoms with E-state index in [9.17, 15) is 19.2 Å². The fourth-order valence-corrected chi connectivity index (χ4v) is 2.79. The number of rotatable bonds is 15. The van der Waals surface area contributed by atoms with Gasteiger partial charge in [-0.15, -0.1) is 0 Å². The highest BCUT2D eigenvalue weighted by molar-refractivity contribution is 5.94. The minimum Gasteiger partial charge on any atom is -0.480 e. The molecule has 0 radical (unpaired) electrons. The molecule has 3 amide bonds. The van der Waals surface area contributed by atoms with Crippen LogP contribution >= 0.6 is 0 Å². The van der Waals surface area contributed by atoms with E-state index >= 15 is 0 Å². The lowest BCUT2D eigenvalue weighted by atomic mass is 9.98. The van der Waals surface area contributed by atoms with Gasteiger partial charge in [0, 0.05) is 6.54 Å². The van der Waals surface area contributed by atoms with Gasteiger partial charge in [-0.3, -0.25) is 19.4 Å². The Hall–Kier alpha value is -2.93. The van der Waals surface area contributed by atoms with Crippen molar-refractivity contribution in [3.8, 4) is 0 Å². The molecule has 190 valence electrons. The molecule has 13 heteroatoms. The first kappa shape index (κ1) is 30.1. The Labute approximate surface area is 193 Å². The summed E-state index contributed by atoms with van der Waals surface area (Å²) in [6, 6.07) is -4.47. The maximum absolute atomic E-state index is 13.0. The summed E-state index contributed by atoms with van der Waals surface area (Å²) in [5, 5.41) is 25.5. The summed E-state index contributed by atoms with van der Waals surface area (Å²) >= 11 is 0. The Balaban J connectivity index is 5.49. The van der Waals surface area contributed by atoms with Crippen molar-refractivity contribution < 1.29 is 29.4 Å². The second-order valence-electron chi connectivity index (χ2n) is 8.23. The van der Waals surface area contributed by atoms with E-state index < -0.39 is 60.4 Å². The molecule has 11 N–H and O–H groups in total. The van der Waals surface area contributed by atoms with E-state index in [-0.39, 0.29) is 24.8 Å². The standard InChI is InChI=1S/C20H39N7O6/c1-5-11(4)14(21)17(30)25-12(7-6-8-24-20(22)23)16(29)27-15(10(2)3)18(31)26-13(9-28)19(32)33/h10-15,28H,5-9,21H2,1-4H3,(H,25,30)(H,26,31)(H,27,29)(H,32,33)(H4,22,23,24). The van der Waals surface area contributed by atoms with E-state index in [1.807, 2.05) is 13.8 Å². The average Bonchev–Trinajstić information content (AvgIpc) is 2.75. The van der Waals surface area contributed by atoms with Crippen molar-refractivity contribution in [2.24, 2.45) is 34.0 Å². The number of carboxylic acid groups (broad SMARTS) is 1. The normalized spacial score (nSPS) is 15.5. The molecule has 0 aromatic carbocycles. The van der Waals surface area contributed by atoms with Gasteiger partial charge < -0.3 is 43.4 Å². The average molecular weight is 474 g/mol. The van der Waals surface area contributed by atoms with Crippen LogP contribution in [0.2, 0.25) is 0 Å². The molecule has 0 fully saturated rings. The van der Waals surface area contributed by atoms with Gasteiger partial charge in [-0.05, 0) is 24.7 Å². The number of amides is 3. The fraction of sp³-hybridized carbons (Fsp3) is 0.750. The van der Waals surface area contributed by atoms with E-state index in [1.54, 1.807) is 13.8 Å². The lowest BCUT2D eigenvalue weighted by Gasteiger charge is -2.27. The number of nitrogens with one attached hydrogen (secondary N) is 3. The van der Waals surface area contributed by atoms with Gasteiger partial charge in [0.15, 0.2) is 5.96 Å². The molecule has 0 bridgehead atoms. The quantitative estimate of drug-likeness (QED) is 0.0717. The summed E-state index contributed by atoms with van der Waals surface area (Å²) < 4.78 is 0. The molecule has 5 atom stereocenters. The summed E-state index contributed by atoms with van der Waals surface area (Å²) in [4.78, 5) is 53.0. The third-order valence-electron chi connectivity index (χ3n) is 5.18. The molecule has 0 aliphatic rings. The zero-order valence-corrected chi connectivity index (χ0v) is 19.7. The highest BCUT2D eigenvalue weighted by Crippen LogP contribution is 2.09. The molecule has 0 aliphatic carbocycles. The van der Waals surface area contributed by atoms with Crippen molar-refractivity contribution in [3.05, 3.63) is 0 Å². The van der Waals surface area contributed by atoms with Crippen LogP contribution in [0.3, 0.4) is 0 Å². The van der Waals surface area contributed by atoms with Crippen LogP contribution in [0.4, 0.5) is 0 Å². The Morgan fingerprint density at radius 1 is 0.939 bits per heavy atom. The molecule has 0 saturated heterocycles. The first-order chi connectivity index (χ1) is 15.3. The van der Waals surface area contributed by atoms with Crippen LogP contribution < -0.4 is 33.2 Å². The molecule has 0 aliphatic heterocycles. The molecule has 0 saturated carbocycles. The van der Waals surface area contributed by atoms with Crippen LogP contribution in [0.25, 0.3) is 0 Å². The van der Waals surface area contributed by atoms with Crippen LogP contribution in [0, 0.1) is 11.8 Å². The number of guanidine groups is 1. The first-order valence-corrected chi connectivity index (χ1v) is 10.9. The highest BCUT2D eigenvalue weighted by Gasteiger charge is 2.32. The summed E-state index contributed by atoms with van der Waals surface area (Å²) in [7, 11) is 0. The highest BCUT2D eigenvalue weighted by atomic mass is 16.4. The third-order valence-corrected chi connectivity index (χ3v) is 5.18. The number of aliphatic carboxylic acids is 1. The molecule has 0 heterocycles. The van der Waals surface area contributed by atoms with Gasteiger partial charge in [0.05, 0.1) is 12.6 Å². The lowest BCUT2D eigenvalue weighted by molar-refractivity contribution is -0.143. The molecule has 0 aromatic heterocycles. The molecule has 0 rings (SSSR count). The fourth-order valence-electron chi connectivity index (χ4n) is 2.79. The predicted octanol–water partition coefficient (Wildman–Crippen LogP) is -2.40. The topological polar surface area (TPSA) is 235 Å². The zero-order valence-electron chi connectivity index (χ0n) is 19.7. The van der Waals surface area contributed by atoms with E-state index in [2.05, 4.69) is 20.9 Å². The summed E-state index contributed by atoms with van der Waals surface area (Å²) in [6.07, 6.45) is 1.20. The Morgan fingerprint density at radius 2 is 1.52 bits per heavy atom. The van der Waals surface area contributed by atoms with Gasteiger partial charge in [-0.1, -0.05) is 34.1 Å². The van der Waals surface area contributed by atoms with E-state index in [0.29, 0.717) is 12.8 Å². The number of nitrogens with two attached hydrogens (primary N) is 3. The van der Waals surface area contributed by atoms with Gasteiger partial charge in [0.1, 0.15) is 18.1 Å². The number of hydrogen-bond acceptors (Lipinski definition) is 7. The molecule has 5 unspecified atom stereocenters. The number of nitrogens with zero attached hydrogens (tertiary/aromatic N) is 1. The minimum atomic E-state index is -1.51. The number of aliphatic imine (C=N–C) groups is 1. The van der Waals surface area contributed by atoms with Crippen molar-refractivity contribution in [3.63, 3.8) is 0 Å². The van der Waals surface area contributed by atoms with Gasteiger partial charge in [-0.2, -0.15) is 0 Å². The van der Waals surface area contributed by atoms with Crippen LogP contribution in [-0.2, 0) is 19.2 Å². The monoisotopic (exact) mass is 473 g/mol. The largest absolute Gasteiger partial charge is 0.480 e. The van der Waals surface area contributed by atoms with Crippen molar-refractivity contribution in [2.45, 2.75) is 71.1 Å². The molecule has 13 nitrogen and oxygen atoms in total.